The van der Waals surface area contributed by atoms with E-state index in [0.29, 0.717) is 16.9 Å². The number of anilines is 2. The van der Waals surface area contributed by atoms with Gasteiger partial charge in [0.05, 0.1) is 16.9 Å². The van der Waals surface area contributed by atoms with Crippen LogP contribution in [-0.2, 0) is 0 Å². The molecule has 0 aliphatic heterocycles. The SMILES string of the molecule is CCN(CC)c1ccc(NC(=O)c2ccc(-n3ncc(Cl)c(Cl)c3=O)cc2)cc1. The molecule has 0 spiro atoms. The van der Waals surface area contributed by atoms with Gasteiger partial charge in [0.1, 0.15) is 5.02 Å². The maximum atomic E-state index is 12.5. The Morgan fingerprint density at radius 3 is 2.24 bits per heavy atom. The summed E-state index contributed by atoms with van der Waals surface area (Å²) in [4.78, 5) is 26.9. The molecule has 1 N–H and O–H groups in total. The van der Waals surface area contributed by atoms with E-state index in [9.17, 15) is 9.59 Å². The Kier molecular flexibility index (Phi) is 6.56. The number of aromatic nitrogens is 2. The fraction of sp³-hybridized carbons (Fsp3) is 0.190. The summed E-state index contributed by atoms with van der Waals surface area (Å²) in [5, 5.41) is 6.83. The number of halogens is 2. The molecule has 3 aromatic rings. The first-order valence-electron chi connectivity index (χ1n) is 9.14. The molecule has 0 fully saturated rings. The van der Waals surface area contributed by atoms with Crippen LogP contribution >= 0.6 is 23.2 Å². The average molecular weight is 431 g/mol. The third-order valence-electron chi connectivity index (χ3n) is 4.50. The van der Waals surface area contributed by atoms with Crippen LogP contribution in [0.15, 0.2) is 59.5 Å². The molecule has 1 heterocycles. The van der Waals surface area contributed by atoms with Crippen LogP contribution in [0.4, 0.5) is 11.4 Å². The van der Waals surface area contributed by atoms with Crippen molar-refractivity contribution in [3.8, 4) is 5.69 Å². The van der Waals surface area contributed by atoms with E-state index < -0.39 is 5.56 Å². The first-order valence-corrected chi connectivity index (χ1v) is 9.90. The second-order valence-corrected chi connectivity index (χ2v) is 7.03. The number of nitrogens with zero attached hydrogens (tertiary/aromatic N) is 3. The number of hydrogen-bond acceptors (Lipinski definition) is 4. The average Bonchev–Trinajstić information content (AvgIpc) is 2.74. The molecule has 1 aromatic heterocycles. The zero-order valence-electron chi connectivity index (χ0n) is 16.0. The van der Waals surface area contributed by atoms with Crippen LogP contribution in [0.5, 0.6) is 0 Å². The number of amides is 1. The minimum absolute atomic E-state index is 0.0935. The number of hydrogen-bond donors (Lipinski definition) is 1. The number of carbonyl (C=O) groups is 1. The van der Waals surface area contributed by atoms with Crippen LogP contribution in [0.25, 0.3) is 5.69 Å². The highest BCUT2D eigenvalue weighted by Crippen LogP contribution is 2.19. The van der Waals surface area contributed by atoms with Crippen LogP contribution < -0.4 is 15.8 Å². The zero-order chi connectivity index (χ0) is 21.0. The van der Waals surface area contributed by atoms with Crippen molar-refractivity contribution in [2.24, 2.45) is 0 Å². The van der Waals surface area contributed by atoms with Crippen molar-refractivity contribution in [1.82, 2.24) is 9.78 Å². The topological polar surface area (TPSA) is 67.2 Å². The van der Waals surface area contributed by atoms with Gasteiger partial charge in [0.15, 0.2) is 0 Å². The third-order valence-corrected chi connectivity index (χ3v) is 5.25. The lowest BCUT2D eigenvalue weighted by Gasteiger charge is -2.21. The van der Waals surface area contributed by atoms with Crippen LogP contribution in [0.2, 0.25) is 10.0 Å². The van der Waals surface area contributed by atoms with Crippen molar-refractivity contribution in [2.45, 2.75) is 13.8 Å². The molecule has 6 nitrogen and oxygen atoms in total. The standard InChI is InChI=1S/C21H20Cl2N4O2/c1-3-26(4-2)16-11-7-15(8-12-16)25-20(28)14-5-9-17(10-6-14)27-21(29)19(23)18(22)13-24-27/h5-13H,3-4H2,1-2H3,(H,25,28). The molecule has 29 heavy (non-hydrogen) atoms. The van der Waals surface area contributed by atoms with Gasteiger partial charge in [-0.05, 0) is 62.4 Å². The molecule has 8 heteroatoms. The Labute approximate surface area is 178 Å². The van der Waals surface area contributed by atoms with Crippen molar-refractivity contribution < 1.29 is 4.79 Å². The summed E-state index contributed by atoms with van der Waals surface area (Å²) < 4.78 is 1.13. The maximum absolute atomic E-state index is 12.5. The maximum Gasteiger partial charge on any atom is 0.291 e. The zero-order valence-corrected chi connectivity index (χ0v) is 17.5. The molecule has 3 rings (SSSR count). The Bertz CT molecular complexity index is 1060. The molecule has 0 saturated heterocycles. The molecular weight excluding hydrogens is 411 g/mol. The largest absolute Gasteiger partial charge is 0.372 e. The van der Waals surface area contributed by atoms with Gasteiger partial charge in [-0.25, -0.2) is 0 Å². The van der Waals surface area contributed by atoms with E-state index >= 15 is 0 Å². The highest BCUT2D eigenvalue weighted by molar-refractivity contribution is 6.41. The van der Waals surface area contributed by atoms with Crippen molar-refractivity contribution in [2.75, 3.05) is 23.3 Å². The van der Waals surface area contributed by atoms with Crippen LogP contribution in [-0.4, -0.2) is 28.8 Å². The second kappa shape index (κ2) is 9.11. The van der Waals surface area contributed by atoms with Gasteiger partial charge in [0, 0.05) is 30.0 Å². The summed E-state index contributed by atoms with van der Waals surface area (Å²) in [5.74, 6) is -0.249. The van der Waals surface area contributed by atoms with E-state index in [1.165, 1.54) is 6.20 Å². The summed E-state index contributed by atoms with van der Waals surface area (Å²) >= 11 is 11.7. The van der Waals surface area contributed by atoms with Gasteiger partial charge in [-0.1, -0.05) is 23.2 Å². The van der Waals surface area contributed by atoms with Gasteiger partial charge >= 0.3 is 0 Å². The molecule has 2 aromatic carbocycles. The van der Waals surface area contributed by atoms with E-state index in [4.69, 9.17) is 23.2 Å². The van der Waals surface area contributed by atoms with E-state index in [-0.39, 0.29) is 16.0 Å². The summed E-state index contributed by atoms with van der Waals surface area (Å²) in [7, 11) is 0. The molecular formula is C21H20Cl2N4O2. The number of carbonyl (C=O) groups excluding carboxylic acids is 1. The van der Waals surface area contributed by atoms with E-state index in [2.05, 4.69) is 29.2 Å². The van der Waals surface area contributed by atoms with Gasteiger partial charge in [0.25, 0.3) is 11.5 Å². The summed E-state index contributed by atoms with van der Waals surface area (Å²) in [6, 6.07) is 14.2. The fourth-order valence-corrected chi connectivity index (χ4v) is 3.15. The van der Waals surface area contributed by atoms with Crippen LogP contribution in [0, 0.1) is 0 Å². The molecule has 0 atom stereocenters. The minimum Gasteiger partial charge on any atom is -0.372 e. The lowest BCUT2D eigenvalue weighted by atomic mass is 10.2. The Hall–Kier alpha value is -2.83. The Morgan fingerprint density at radius 1 is 1.03 bits per heavy atom. The van der Waals surface area contributed by atoms with Crippen molar-refractivity contribution >= 4 is 40.5 Å². The Balaban J connectivity index is 1.74. The molecule has 0 bridgehead atoms. The molecule has 1 amide bonds. The van der Waals surface area contributed by atoms with Gasteiger partial charge in [0.2, 0.25) is 0 Å². The molecule has 0 radical (unpaired) electrons. The van der Waals surface area contributed by atoms with Crippen molar-refractivity contribution in [3.05, 3.63) is 80.7 Å². The smallest absolute Gasteiger partial charge is 0.291 e. The predicted molar refractivity (Wildman–Crippen MR) is 118 cm³/mol. The summed E-state index contributed by atoms with van der Waals surface area (Å²) in [5.41, 5.74) is 2.22. The van der Waals surface area contributed by atoms with E-state index in [0.717, 1.165) is 23.5 Å². The van der Waals surface area contributed by atoms with Crippen LogP contribution in [0.3, 0.4) is 0 Å². The first kappa shape index (κ1) is 20.9. The monoisotopic (exact) mass is 430 g/mol. The molecule has 0 saturated carbocycles. The van der Waals surface area contributed by atoms with Gasteiger partial charge < -0.3 is 10.2 Å². The molecule has 150 valence electrons. The van der Waals surface area contributed by atoms with Crippen molar-refractivity contribution in [1.29, 1.82) is 0 Å². The fourth-order valence-electron chi connectivity index (χ4n) is 2.90. The highest BCUT2D eigenvalue weighted by atomic mass is 35.5. The van der Waals surface area contributed by atoms with E-state index in [1.54, 1.807) is 24.3 Å². The molecule has 0 aliphatic carbocycles. The predicted octanol–water partition coefficient (Wildman–Crippen LogP) is 4.64. The number of nitrogens with one attached hydrogen (secondary N) is 1. The van der Waals surface area contributed by atoms with Gasteiger partial charge in [-0.3, -0.25) is 9.59 Å². The second-order valence-electron chi connectivity index (χ2n) is 6.24. The number of rotatable bonds is 6. The lowest BCUT2D eigenvalue weighted by molar-refractivity contribution is 0.102. The van der Waals surface area contributed by atoms with Gasteiger partial charge in [-0.15, -0.1) is 0 Å². The highest BCUT2D eigenvalue weighted by Gasteiger charge is 2.11. The summed E-state index contributed by atoms with van der Waals surface area (Å²) in [6.45, 7) is 6.05. The third kappa shape index (κ3) is 4.60. The lowest BCUT2D eigenvalue weighted by Crippen LogP contribution is -2.22. The Morgan fingerprint density at radius 2 is 1.66 bits per heavy atom. The first-order chi connectivity index (χ1) is 13.9. The quantitative estimate of drug-likeness (QED) is 0.618. The van der Waals surface area contributed by atoms with Gasteiger partial charge in [-0.2, -0.15) is 9.78 Å². The minimum atomic E-state index is -0.523. The van der Waals surface area contributed by atoms with E-state index in [1.807, 2.05) is 24.3 Å². The number of benzene rings is 2. The molecule has 0 aliphatic rings. The normalized spacial score (nSPS) is 10.6. The molecule has 0 unspecified atom stereocenters. The van der Waals surface area contributed by atoms with Crippen molar-refractivity contribution in [3.63, 3.8) is 0 Å². The van der Waals surface area contributed by atoms with Crippen LogP contribution in [0.1, 0.15) is 24.2 Å². The summed E-state index contributed by atoms with van der Waals surface area (Å²) in [6.07, 6.45) is 1.30.